The second-order valence-electron chi connectivity index (χ2n) is 9.84. The Hall–Kier alpha value is -5.06. The van der Waals surface area contributed by atoms with Crippen LogP contribution >= 0.6 is 22.7 Å². The predicted molar refractivity (Wildman–Crippen MR) is 173 cm³/mol. The van der Waals surface area contributed by atoms with E-state index in [1.54, 1.807) is 46.9 Å². The fourth-order valence-electron chi connectivity index (χ4n) is 4.95. The number of nitrogens with zero attached hydrogens (tertiary/aromatic N) is 4. The molecule has 0 saturated carbocycles. The number of aromatic nitrogens is 2. The zero-order valence-corrected chi connectivity index (χ0v) is 24.5. The lowest BCUT2D eigenvalue weighted by Crippen LogP contribution is -2.40. The Kier molecular flexibility index (Phi) is 8.12. The van der Waals surface area contributed by atoms with Crippen LogP contribution in [0.5, 0.6) is 0 Å². The van der Waals surface area contributed by atoms with E-state index >= 15 is 0 Å². The molecule has 6 rings (SSSR count). The quantitative estimate of drug-likeness (QED) is 0.0899. The van der Waals surface area contributed by atoms with E-state index in [1.165, 1.54) is 44.7 Å². The van der Waals surface area contributed by atoms with Gasteiger partial charge in [-0.3, -0.25) is 20.2 Å². The Bertz CT molecular complexity index is 1860. The average Bonchev–Trinajstić information content (AvgIpc) is 3.57. The summed E-state index contributed by atoms with van der Waals surface area (Å²) in [6, 6.07) is 29.9. The summed E-state index contributed by atoms with van der Waals surface area (Å²) in [6.45, 7) is 1.62. The first kappa shape index (κ1) is 28.1. The lowest BCUT2D eigenvalue weighted by atomic mass is 10.2. The maximum atomic E-state index is 11.0. The molecule has 0 aliphatic heterocycles. The van der Waals surface area contributed by atoms with Gasteiger partial charge in [0, 0.05) is 48.6 Å². The van der Waals surface area contributed by atoms with Crippen molar-refractivity contribution in [3.63, 3.8) is 0 Å². The second-order valence-corrected chi connectivity index (χ2v) is 12.0. The number of nitro benzene ring substituents is 2. The Morgan fingerprint density at radius 1 is 0.558 bits per heavy atom. The molecule has 0 unspecified atom stereocenters. The highest BCUT2D eigenvalue weighted by molar-refractivity contribution is 7.19. The van der Waals surface area contributed by atoms with Gasteiger partial charge in [-0.25, -0.2) is 0 Å². The summed E-state index contributed by atoms with van der Waals surface area (Å²) in [5, 5.41) is 24.2. The molecule has 0 spiro atoms. The Morgan fingerprint density at radius 3 is 1.35 bits per heavy atom. The van der Waals surface area contributed by atoms with Crippen molar-refractivity contribution >= 4 is 78.8 Å². The number of para-hydroxylation sites is 2. The summed E-state index contributed by atoms with van der Waals surface area (Å²) in [6.07, 6.45) is 9.04. The minimum Gasteiger partial charge on any atom is -0.258 e. The molecule has 0 radical (unpaired) electrons. The fourth-order valence-corrected chi connectivity index (χ4v) is 7.13. The molecule has 0 N–H and O–H groups in total. The van der Waals surface area contributed by atoms with E-state index in [0.717, 1.165) is 40.7 Å². The van der Waals surface area contributed by atoms with E-state index in [9.17, 15) is 20.2 Å². The summed E-state index contributed by atoms with van der Waals surface area (Å²) in [4.78, 5) is 21.2. The number of non-ortho nitro benzene ring substituents is 2. The molecule has 0 bridgehead atoms. The van der Waals surface area contributed by atoms with Gasteiger partial charge in [0.1, 0.15) is 9.40 Å². The number of nitro groups is 2. The highest BCUT2D eigenvalue weighted by atomic mass is 32.1. The number of hydrogen-bond acceptors (Lipinski definition) is 6. The summed E-state index contributed by atoms with van der Waals surface area (Å²) >= 11 is 3.45. The van der Waals surface area contributed by atoms with Gasteiger partial charge < -0.3 is 0 Å². The van der Waals surface area contributed by atoms with Crippen molar-refractivity contribution in [2.45, 2.75) is 19.5 Å². The minimum atomic E-state index is -0.390. The lowest BCUT2D eigenvalue weighted by Gasteiger charge is -1.99. The van der Waals surface area contributed by atoms with Crippen LogP contribution in [-0.4, -0.2) is 9.85 Å². The molecule has 2 aromatic heterocycles. The first-order valence-electron chi connectivity index (χ1n) is 13.6. The average molecular weight is 607 g/mol. The highest BCUT2D eigenvalue weighted by Gasteiger charge is 2.22. The largest absolute Gasteiger partial charge is 0.269 e. The molecule has 6 aromatic rings. The Balaban J connectivity index is 1.25. The van der Waals surface area contributed by atoms with E-state index in [0.29, 0.717) is 0 Å². The number of hydrogen-bond donors (Lipinski definition) is 0. The molecule has 212 valence electrons. The van der Waals surface area contributed by atoms with Crippen LogP contribution in [0.4, 0.5) is 11.4 Å². The van der Waals surface area contributed by atoms with Gasteiger partial charge in [0.25, 0.3) is 21.4 Å². The predicted octanol–water partition coefficient (Wildman–Crippen LogP) is 7.94. The molecular weight excluding hydrogens is 581 g/mol. The first-order valence-corrected chi connectivity index (χ1v) is 15.3. The van der Waals surface area contributed by atoms with Gasteiger partial charge in [-0.15, -0.1) is 0 Å². The van der Waals surface area contributed by atoms with Crippen LogP contribution in [0, 0.1) is 20.2 Å². The first-order chi connectivity index (χ1) is 21.0. The molecule has 0 amide bonds. The third kappa shape index (κ3) is 6.25. The van der Waals surface area contributed by atoms with Crippen LogP contribution in [0.15, 0.2) is 97.1 Å². The summed E-state index contributed by atoms with van der Waals surface area (Å²) in [5.74, 6) is 0. The van der Waals surface area contributed by atoms with Gasteiger partial charge in [0.2, 0.25) is 11.0 Å². The van der Waals surface area contributed by atoms with Crippen molar-refractivity contribution in [3.05, 3.63) is 138 Å². The fraction of sp³-hybridized carbons (Fsp3) is 0.0909. The number of benzene rings is 4. The molecule has 2 heterocycles. The third-order valence-corrected chi connectivity index (χ3v) is 9.34. The van der Waals surface area contributed by atoms with Crippen LogP contribution in [0.3, 0.4) is 0 Å². The SMILES string of the molecule is O=[N+]([O-])c1ccc(/C=C/c2sc3ccccc3[n+]2CCC[n+]2c(/C=C/c3ccc([N+](=O)[O-])cc3)sc3ccccc32)cc1. The van der Waals surface area contributed by atoms with Crippen molar-refractivity contribution in [2.75, 3.05) is 0 Å². The second kappa shape index (κ2) is 12.4. The van der Waals surface area contributed by atoms with Gasteiger partial charge in [-0.1, -0.05) is 46.9 Å². The number of rotatable bonds is 10. The Labute approximate surface area is 255 Å². The number of aryl methyl sites for hydroxylation is 2. The zero-order valence-electron chi connectivity index (χ0n) is 22.9. The monoisotopic (exact) mass is 606 g/mol. The molecule has 0 aliphatic rings. The van der Waals surface area contributed by atoms with Crippen LogP contribution in [-0.2, 0) is 13.1 Å². The maximum Gasteiger partial charge on any atom is 0.269 e. The molecule has 43 heavy (non-hydrogen) atoms. The van der Waals surface area contributed by atoms with E-state index in [4.69, 9.17) is 0 Å². The molecule has 0 saturated heterocycles. The topological polar surface area (TPSA) is 94.0 Å². The standard InChI is InChI=1S/C33H26N4O4S2/c38-36(39)26-16-10-24(11-17-26)14-20-32-34(28-6-1-3-8-30(28)42-32)22-5-23-35-29-7-2-4-9-31(29)43-33(35)21-15-25-12-18-27(19-13-25)37(40)41/h1-4,6-21H,5,22-23H2/q+2/b20-14+,21-15+. The minimum absolute atomic E-state index is 0.0782. The Morgan fingerprint density at radius 2 is 0.953 bits per heavy atom. The normalized spacial score (nSPS) is 11.7. The van der Waals surface area contributed by atoms with Crippen LogP contribution in [0.1, 0.15) is 27.6 Å². The number of fused-ring (bicyclic) bond motifs is 2. The van der Waals surface area contributed by atoms with E-state index in [-0.39, 0.29) is 21.2 Å². The van der Waals surface area contributed by atoms with Crippen molar-refractivity contribution in [3.8, 4) is 0 Å². The van der Waals surface area contributed by atoms with Gasteiger partial charge in [0.15, 0.2) is 13.1 Å². The smallest absolute Gasteiger partial charge is 0.258 e. The van der Waals surface area contributed by atoms with Crippen molar-refractivity contribution in [1.82, 2.24) is 0 Å². The summed E-state index contributed by atoms with van der Waals surface area (Å²) in [7, 11) is 0. The van der Waals surface area contributed by atoms with E-state index in [1.807, 2.05) is 24.3 Å². The zero-order chi connectivity index (χ0) is 29.8. The summed E-state index contributed by atoms with van der Waals surface area (Å²) < 4.78 is 7.07. The van der Waals surface area contributed by atoms with Gasteiger partial charge in [0.05, 0.1) is 16.3 Å². The maximum absolute atomic E-state index is 11.0. The van der Waals surface area contributed by atoms with Crippen molar-refractivity contribution < 1.29 is 19.0 Å². The molecule has 0 atom stereocenters. The van der Waals surface area contributed by atoms with E-state index in [2.05, 4.69) is 57.7 Å². The lowest BCUT2D eigenvalue weighted by molar-refractivity contribution is -0.699. The van der Waals surface area contributed by atoms with Crippen LogP contribution in [0.25, 0.3) is 44.7 Å². The molecule has 10 heteroatoms. The number of thiazole rings is 2. The molecule has 0 fully saturated rings. The van der Waals surface area contributed by atoms with Gasteiger partial charge >= 0.3 is 0 Å². The van der Waals surface area contributed by atoms with Crippen LogP contribution in [0.2, 0.25) is 0 Å². The molecule has 0 aliphatic carbocycles. The third-order valence-electron chi connectivity index (χ3n) is 7.08. The molecular formula is C33H26N4O4S2+2. The van der Waals surface area contributed by atoms with Crippen molar-refractivity contribution in [1.29, 1.82) is 0 Å². The summed E-state index contributed by atoms with van der Waals surface area (Å²) in [5.41, 5.74) is 4.31. The van der Waals surface area contributed by atoms with Gasteiger partial charge in [-0.05, 0) is 59.7 Å². The van der Waals surface area contributed by atoms with Crippen molar-refractivity contribution in [2.24, 2.45) is 0 Å². The highest BCUT2D eigenvalue weighted by Crippen LogP contribution is 2.25. The molecule has 4 aromatic carbocycles. The molecule has 8 nitrogen and oxygen atoms in total. The van der Waals surface area contributed by atoms with Gasteiger partial charge in [-0.2, -0.15) is 9.13 Å². The van der Waals surface area contributed by atoms with E-state index < -0.39 is 0 Å². The van der Waals surface area contributed by atoms with Crippen LogP contribution < -0.4 is 9.13 Å².